The molecule has 2 aliphatic rings. The van der Waals surface area contributed by atoms with Crippen LogP contribution in [0.15, 0.2) is 65.3 Å². The number of carbonyl (C=O) groups excluding carboxylic acids is 3. The van der Waals surface area contributed by atoms with Crippen LogP contribution in [0.4, 0.5) is 5.69 Å². The average molecular weight is 395 g/mol. The number of esters is 1. The number of anilines is 1. The number of allylic oxidation sites excluding steroid dienone is 2. The van der Waals surface area contributed by atoms with E-state index in [1.165, 1.54) is 0 Å². The molecule has 0 spiro atoms. The van der Waals surface area contributed by atoms with Crippen LogP contribution in [-0.2, 0) is 19.1 Å². The molecule has 0 aromatic heterocycles. The molecule has 1 aromatic rings. The van der Waals surface area contributed by atoms with Crippen molar-refractivity contribution < 1.29 is 23.9 Å². The van der Waals surface area contributed by atoms with Gasteiger partial charge in [0.1, 0.15) is 24.2 Å². The number of benzene rings is 1. The van der Waals surface area contributed by atoms with Crippen molar-refractivity contribution in [1.82, 2.24) is 5.43 Å². The minimum Gasteiger partial charge on any atom is -0.497 e. The molecule has 8 heteroatoms. The van der Waals surface area contributed by atoms with E-state index in [0.29, 0.717) is 17.1 Å². The predicted molar refractivity (Wildman–Crippen MR) is 107 cm³/mol. The molecule has 0 bridgehead atoms. The van der Waals surface area contributed by atoms with E-state index in [4.69, 9.17) is 9.47 Å². The number of fused-ring (bicyclic) bond motifs is 1. The minimum absolute atomic E-state index is 0.368. The SMILES string of the molecule is COc1ccc(NC(=O)CC(=O)N/N=C(/C)C2C=C3C=CC=CC3OC2=O)cc1. The Bertz CT molecular complexity index is 928. The van der Waals surface area contributed by atoms with E-state index in [9.17, 15) is 14.4 Å². The molecular weight excluding hydrogens is 374 g/mol. The molecule has 2 atom stereocenters. The van der Waals surface area contributed by atoms with E-state index >= 15 is 0 Å². The molecule has 29 heavy (non-hydrogen) atoms. The molecule has 0 radical (unpaired) electrons. The lowest BCUT2D eigenvalue weighted by Gasteiger charge is -2.26. The quantitative estimate of drug-likeness (QED) is 0.332. The number of nitrogens with zero attached hydrogens (tertiary/aromatic N) is 1. The Morgan fingerprint density at radius 3 is 2.66 bits per heavy atom. The Labute approximate surface area is 168 Å². The standard InChI is InChI=1S/C21H21N3O5/c1-13(17-11-14-5-3-4-6-18(14)29-21(17)27)23-24-20(26)12-19(25)22-15-7-9-16(28-2)10-8-15/h3-11,17-18H,12H2,1-2H3,(H,22,25)(H,24,26)/b23-13-. The molecule has 0 fully saturated rings. The zero-order valence-electron chi connectivity index (χ0n) is 16.0. The summed E-state index contributed by atoms with van der Waals surface area (Å²) in [5.41, 5.74) is 4.08. The fourth-order valence-electron chi connectivity index (χ4n) is 2.83. The van der Waals surface area contributed by atoms with E-state index in [-0.39, 0.29) is 6.10 Å². The lowest BCUT2D eigenvalue weighted by Crippen LogP contribution is -2.34. The molecule has 0 saturated heterocycles. The number of nitrogens with one attached hydrogen (secondary N) is 2. The fourth-order valence-corrected chi connectivity index (χ4v) is 2.83. The van der Waals surface area contributed by atoms with Crippen molar-refractivity contribution >= 4 is 29.2 Å². The second kappa shape index (κ2) is 9.01. The van der Waals surface area contributed by atoms with Crippen LogP contribution in [0, 0.1) is 5.92 Å². The average Bonchev–Trinajstić information content (AvgIpc) is 2.72. The van der Waals surface area contributed by atoms with Crippen molar-refractivity contribution in [3.63, 3.8) is 0 Å². The maximum Gasteiger partial charge on any atom is 0.319 e. The van der Waals surface area contributed by atoms with Gasteiger partial charge in [0.15, 0.2) is 0 Å². The summed E-state index contributed by atoms with van der Waals surface area (Å²) in [4.78, 5) is 36.1. The van der Waals surface area contributed by atoms with Gasteiger partial charge in [-0.05, 0) is 42.8 Å². The van der Waals surface area contributed by atoms with Crippen molar-refractivity contribution in [2.24, 2.45) is 11.0 Å². The zero-order chi connectivity index (χ0) is 20.8. The van der Waals surface area contributed by atoms with Gasteiger partial charge >= 0.3 is 5.97 Å². The van der Waals surface area contributed by atoms with Crippen LogP contribution in [0.5, 0.6) is 5.75 Å². The summed E-state index contributed by atoms with van der Waals surface area (Å²) in [5.74, 6) is -1.54. The molecule has 0 saturated carbocycles. The Hall–Kier alpha value is -3.68. The van der Waals surface area contributed by atoms with Crippen LogP contribution in [0.3, 0.4) is 0 Å². The lowest BCUT2D eigenvalue weighted by molar-refractivity contribution is -0.147. The van der Waals surface area contributed by atoms with Gasteiger partial charge in [-0.2, -0.15) is 5.10 Å². The van der Waals surface area contributed by atoms with Crippen molar-refractivity contribution in [2.45, 2.75) is 19.4 Å². The first-order chi connectivity index (χ1) is 14.0. The molecular formula is C21H21N3O5. The number of ether oxygens (including phenoxy) is 2. The van der Waals surface area contributed by atoms with E-state index in [1.54, 1.807) is 50.5 Å². The van der Waals surface area contributed by atoms with Crippen LogP contribution >= 0.6 is 0 Å². The van der Waals surface area contributed by atoms with Gasteiger partial charge in [-0.3, -0.25) is 14.4 Å². The molecule has 1 aliphatic carbocycles. The second-order valence-electron chi connectivity index (χ2n) is 6.49. The Morgan fingerprint density at radius 1 is 1.17 bits per heavy atom. The maximum absolute atomic E-state index is 12.2. The van der Waals surface area contributed by atoms with Crippen molar-refractivity contribution in [1.29, 1.82) is 0 Å². The van der Waals surface area contributed by atoms with Gasteiger partial charge < -0.3 is 14.8 Å². The second-order valence-corrected chi connectivity index (χ2v) is 6.49. The smallest absolute Gasteiger partial charge is 0.319 e. The fraction of sp³-hybridized carbons (Fsp3) is 0.238. The van der Waals surface area contributed by atoms with Gasteiger partial charge in [-0.15, -0.1) is 0 Å². The number of amides is 2. The third kappa shape index (κ3) is 5.19. The van der Waals surface area contributed by atoms with Crippen LogP contribution in [0.25, 0.3) is 0 Å². The number of hydrogen-bond donors (Lipinski definition) is 2. The van der Waals surface area contributed by atoms with Crippen molar-refractivity contribution in [3.05, 3.63) is 60.2 Å². The van der Waals surface area contributed by atoms with Gasteiger partial charge in [-0.1, -0.05) is 24.3 Å². The summed E-state index contributed by atoms with van der Waals surface area (Å²) < 4.78 is 10.4. The largest absolute Gasteiger partial charge is 0.497 e. The van der Waals surface area contributed by atoms with Crippen LogP contribution in [0.2, 0.25) is 0 Å². The Kier molecular flexibility index (Phi) is 6.23. The molecule has 1 aliphatic heterocycles. The summed E-state index contributed by atoms with van der Waals surface area (Å²) in [6.45, 7) is 1.61. The van der Waals surface area contributed by atoms with E-state index in [1.807, 2.05) is 18.2 Å². The van der Waals surface area contributed by atoms with Gasteiger partial charge in [0.25, 0.3) is 0 Å². The minimum atomic E-state index is -0.689. The summed E-state index contributed by atoms with van der Waals surface area (Å²) in [7, 11) is 1.55. The molecule has 3 rings (SSSR count). The number of carbonyl (C=O) groups is 3. The summed E-state index contributed by atoms with van der Waals surface area (Å²) >= 11 is 0. The molecule has 2 unspecified atom stereocenters. The summed E-state index contributed by atoms with van der Waals surface area (Å²) in [6.07, 6.45) is 8.29. The molecule has 8 nitrogen and oxygen atoms in total. The van der Waals surface area contributed by atoms with Gasteiger partial charge in [0.2, 0.25) is 11.8 Å². The van der Waals surface area contributed by atoms with Crippen LogP contribution in [0.1, 0.15) is 13.3 Å². The van der Waals surface area contributed by atoms with Crippen LogP contribution in [-0.4, -0.2) is 36.7 Å². The van der Waals surface area contributed by atoms with Crippen LogP contribution < -0.4 is 15.5 Å². The predicted octanol–water partition coefficient (Wildman–Crippen LogP) is 2.11. The number of rotatable bonds is 6. The third-order valence-electron chi connectivity index (χ3n) is 4.37. The first kappa shape index (κ1) is 20.1. The number of methoxy groups -OCH3 is 1. The van der Waals surface area contributed by atoms with E-state index < -0.39 is 30.1 Å². The van der Waals surface area contributed by atoms with Crippen molar-refractivity contribution in [2.75, 3.05) is 12.4 Å². The first-order valence-electron chi connectivity index (χ1n) is 9.00. The highest BCUT2D eigenvalue weighted by atomic mass is 16.5. The number of hydrazone groups is 1. The molecule has 2 amide bonds. The molecule has 2 N–H and O–H groups in total. The number of hydrogen-bond acceptors (Lipinski definition) is 6. The lowest BCUT2D eigenvalue weighted by atomic mass is 9.93. The van der Waals surface area contributed by atoms with E-state index in [2.05, 4.69) is 15.8 Å². The van der Waals surface area contributed by atoms with Gasteiger partial charge in [0.05, 0.1) is 12.8 Å². The maximum atomic E-state index is 12.2. The Balaban J connectivity index is 1.54. The molecule has 1 heterocycles. The highest BCUT2D eigenvalue weighted by molar-refractivity contribution is 6.06. The van der Waals surface area contributed by atoms with E-state index in [0.717, 1.165) is 5.57 Å². The highest BCUT2D eigenvalue weighted by Gasteiger charge is 2.31. The molecule has 150 valence electrons. The molecule has 1 aromatic carbocycles. The monoisotopic (exact) mass is 395 g/mol. The topological polar surface area (TPSA) is 106 Å². The summed E-state index contributed by atoms with van der Waals surface area (Å²) in [6, 6.07) is 6.73. The third-order valence-corrected chi connectivity index (χ3v) is 4.37. The first-order valence-corrected chi connectivity index (χ1v) is 9.00. The Morgan fingerprint density at radius 2 is 1.93 bits per heavy atom. The highest BCUT2D eigenvalue weighted by Crippen LogP contribution is 2.25. The van der Waals surface area contributed by atoms with Gasteiger partial charge in [-0.25, -0.2) is 5.43 Å². The van der Waals surface area contributed by atoms with Crippen molar-refractivity contribution in [3.8, 4) is 5.75 Å². The normalized spacial score (nSPS) is 20.3. The van der Waals surface area contributed by atoms with Gasteiger partial charge in [0, 0.05) is 5.69 Å². The zero-order valence-corrected chi connectivity index (χ0v) is 16.0. The summed E-state index contributed by atoms with van der Waals surface area (Å²) in [5, 5.41) is 6.56.